The molecule has 0 amide bonds. The van der Waals surface area contributed by atoms with Crippen LogP contribution in [-0.4, -0.2) is 41.3 Å². The Morgan fingerprint density at radius 2 is 2.06 bits per heavy atom. The van der Waals surface area contributed by atoms with Gasteiger partial charge in [-0.25, -0.2) is 27.7 Å². The highest BCUT2D eigenvalue weighted by Gasteiger charge is 2.36. The van der Waals surface area contributed by atoms with Crippen molar-refractivity contribution in [2.45, 2.75) is 18.9 Å². The Hall–Kier alpha value is -4.22. The first-order chi connectivity index (χ1) is 16.1. The van der Waals surface area contributed by atoms with Crippen LogP contribution in [0.5, 0.6) is 0 Å². The highest BCUT2D eigenvalue weighted by Crippen LogP contribution is 2.37. The number of H-pyrrole nitrogens is 1. The highest BCUT2D eigenvalue weighted by molar-refractivity contribution is 5.58. The third-order valence-electron chi connectivity index (χ3n) is 5.60. The summed E-state index contributed by atoms with van der Waals surface area (Å²) in [7, 11) is 0. The van der Waals surface area contributed by atoms with E-state index in [9.17, 15) is 13.2 Å². The molecule has 5 aromatic rings. The summed E-state index contributed by atoms with van der Waals surface area (Å²) in [6.07, 6.45) is 2.27. The van der Waals surface area contributed by atoms with Gasteiger partial charge in [-0.1, -0.05) is 5.10 Å². The van der Waals surface area contributed by atoms with Gasteiger partial charge >= 0.3 is 6.01 Å². The van der Waals surface area contributed by atoms with Gasteiger partial charge in [-0.3, -0.25) is 0 Å². The number of aromatic amines is 1. The number of imidazole rings is 1. The first-order valence-electron chi connectivity index (χ1n) is 10.1. The molecule has 0 bridgehead atoms. The molecule has 166 valence electrons. The van der Waals surface area contributed by atoms with E-state index in [1.165, 1.54) is 28.8 Å². The van der Waals surface area contributed by atoms with E-state index < -0.39 is 18.3 Å². The van der Waals surface area contributed by atoms with E-state index in [2.05, 4.69) is 30.2 Å². The van der Waals surface area contributed by atoms with Crippen molar-refractivity contribution in [2.75, 3.05) is 11.4 Å². The van der Waals surface area contributed by atoms with Crippen LogP contribution in [0.4, 0.5) is 19.2 Å². The number of aromatic nitrogens is 7. The van der Waals surface area contributed by atoms with E-state index in [0.29, 0.717) is 35.6 Å². The molecule has 9 nitrogen and oxygen atoms in total. The normalized spacial score (nSPS) is 16.0. The minimum Gasteiger partial charge on any atom is -0.402 e. The van der Waals surface area contributed by atoms with Gasteiger partial charge < -0.3 is 14.3 Å². The number of fused-ring (bicyclic) bond motifs is 2. The number of nitrogens with zero attached hydrogens (tertiary/aromatic N) is 7. The average Bonchev–Trinajstić information content (AvgIpc) is 3.57. The topological polar surface area (TPSA) is 101 Å². The number of nitrogens with one attached hydrogen (secondary N) is 1. The van der Waals surface area contributed by atoms with Gasteiger partial charge in [0.1, 0.15) is 17.6 Å². The van der Waals surface area contributed by atoms with Crippen molar-refractivity contribution in [1.82, 2.24) is 34.8 Å². The highest BCUT2D eigenvalue weighted by atomic mass is 19.3. The van der Waals surface area contributed by atoms with Crippen molar-refractivity contribution in [1.29, 1.82) is 0 Å². The van der Waals surface area contributed by atoms with Crippen molar-refractivity contribution in [3.05, 3.63) is 77.5 Å². The molecule has 5 aromatic heterocycles. The summed E-state index contributed by atoms with van der Waals surface area (Å²) in [6.45, 7) is 0.494. The Morgan fingerprint density at radius 1 is 1.15 bits per heavy atom. The molecule has 0 spiro atoms. The molecule has 33 heavy (non-hydrogen) atoms. The molecule has 0 aromatic carbocycles. The molecular weight excluding hydrogens is 437 g/mol. The first-order valence-corrected chi connectivity index (χ1v) is 10.1. The fourth-order valence-electron chi connectivity index (χ4n) is 4.09. The summed E-state index contributed by atoms with van der Waals surface area (Å²) in [6, 6.07) is 6.89. The van der Waals surface area contributed by atoms with Crippen molar-refractivity contribution < 1.29 is 17.6 Å². The standard InChI is InChI=1S/C21H15F3N8O/c22-11-3-4-14(25-9-11)20-28-29-21(33-20)31-7-5-13-17(27-10-26-13)18(31)15-8-16-12(19(23)24)2-1-6-32(16)30-15/h1-4,6,8-10,18-19H,5,7H2,(H,26,27)/t18-/m1/s1. The lowest BCUT2D eigenvalue weighted by molar-refractivity contribution is 0.152. The molecule has 0 saturated carbocycles. The predicted molar refractivity (Wildman–Crippen MR) is 109 cm³/mol. The van der Waals surface area contributed by atoms with Gasteiger partial charge in [0.2, 0.25) is 0 Å². The summed E-state index contributed by atoms with van der Waals surface area (Å²) in [5.41, 5.74) is 2.66. The van der Waals surface area contributed by atoms with Crippen molar-refractivity contribution in [3.8, 4) is 11.6 Å². The Bertz CT molecular complexity index is 1440. The molecule has 1 N–H and O–H groups in total. The zero-order valence-corrected chi connectivity index (χ0v) is 16.9. The van der Waals surface area contributed by atoms with Crippen LogP contribution < -0.4 is 4.90 Å². The Morgan fingerprint density at radius 3 is 2.88 bits per heavy atom. The number of halogens is 3. The Labute approximate surface area is 183 Å². The van der Waals surface area contributed by atoms with Gasteiger partial charge in [0, 0.05) is 30.4 Å². The molecule has 1 atom stereocenters. The molecule has 0 aliphatic carbocycles. The molecular formula is C21H15F3N8O. The number of pyridine rings is 2. The van der Waals surface area contributed by atoms with Crippen LogP contribution in [0.2, 0.25) is 0 Å². The van der Waals surface area contributed by atoms with Gasteiger partial charge in [0.15, 0.2) is 0 Å². The predicted octanol–water partition coefficient (Wildman–Crippen LogP) is 3.73. The maximum atomic E-state index is 13.5. The lowest BCUT2D eigenvalue weighted by atomic mass is 10.00. The maximum absolute atomic E-state index is 13.5. The van der Waals surface area contributed by atoms with Gasteiger partial charge in [-0.2, -0.15) is 5.10 Å². The number of alkyl halides is 2. The average molecular weight is 452 g/mol. The minimum absolute atomic E-state index is 0.108. The number of rotatable bonds is 4. The van der Waals surface area contributed by atoms with Crippen LogP contribution in [-0.2, 0) is 6.42 Å². The van der Waals surface area contributed by atoms with Gasteiger partial charge in [-0.15, -0.1) is 5.10 Å². The molecule has 1 aliphatic rings. The quantitative estimate of drug-likeness (QED) is 0.443. The number of hydrogen-bond donors (Lipinski definition) is 1. The molecule has 0 saturated heterocycles. The monoisotopic (exact) mass is 452 g/mol. The first kappa shape index (κ1) is 19.5. The zero-order chi connectivity index (χ0) is 22.5. The number of hydrogen-bond acceptors (Lipinski definition) is 7. The van der Waals surface area contributed by atoms with E-state index in [1.54, 1.807) is 18.6 Å². The molecule has 12 heteroatoms. The summed E-state index contributed by atoms with van der Waals surface area (Å²) in [5.74, 6) is -0.345. The second kappa shape index (κ2) is 7.43. The second-order valence-electron chi connectivity index (χ2n) is 7.53. The van der Waals surface area contributed by atoms with Crippen LogP contribution >= 0.6 is 0 Å². The van der Waals surface area contributed by atoms with Crippen LogP contribution in [0.1, 0.15) is 35.1 Å². The summed E-state index contributed by atoms with van der Waals surface area (Å²) in [5, 5.41) is 12.8. The fourth-order valence-corrected chi connectivity index (χ4v) is 4.09. The summed E-state index contributed by atoms with van der Waals surface area (Å²) >= 11 is 0. The maximum Gasteiger partial charge on any atom is 0.319 e. The third-order valence-corrected chi connectivity index (χ3v) is 5.60. The van der Waals surface area contributed by atoms with Crippen molar-refractivity contribution in [2.24, 2.45) is 0 Å². The second-order valence-corrected chi connectivity index (χ2v) is 7.53. The third kappa shape index (κ3) is 3.22. The van der Waals surface area contributed by atoms with E-state index in [-0.39, 0.29) is 17.5 Å². The number of anilines is 1. The van der Waals surface area contributed by atoms with E-state index >= 15 is 0 Å². The lowest BCUT2D eigenvalue weighted by Crippen LogP contribution is -2.36. The van der Waals surface area contributed by atoms with Crippen LogP contribution in [0.15, 0.2) is 53.5 Å². The zero-order valence-electron chi connectivity index (χ0n) is 16.9. The molecule has 6 heterocycles. The summed E-state index contributed by atoms with van der Waals surface area (Å²) in [4.78, 5) is 13.4. The van der Waals surface area contributed by atoms with E-state index in [0.717, 1.165) is 11.9 Å². The molecule has 0 radical (unpaired) electrons. The molecule has 6 rings (SSSR count). The van der Waals surface area contributed by atoms with Gasteiger partial charge in [-0.05, 0) is 30.3 Å². The van der Waals surface area contributed by atoms with E-state index in [4.69, 9.17) is 4.42 Å². The summed E-state index contributed by atoms with van der Waals surface area (Å²) < 4.78 is 47.6. The molecule has 0 fully saturated rings. The van der Waals surface area contributed by atoms with Gasteiger partial charge in [0.05, 0.1) is 29.4 Å². The molecule has 1 aliphatic heterocycles. The fraction of sp³-hybridized carbons (Fsp3) is 0.190. The molecule has 0 unspecified atom stereocenters. The van der Waals surface area contributed by atoms with Crippen LogP contribution in [0.3, 0.4) is 0 Å². The lowest BCUT2D eigenvalue weighted by Gasteiger charge is -2.32. The van der Waals surface area contributed by atoms with E-state index in [1.807, 2.05) is 4.90 Å². The van der Waals surface area contributed by atoms with Crippen LogP contribution in [0, 0.1) is 5.82 Å². The van der Waals surface area contributed by atoms with Crippen LogP contribution in [0.25, 0.3) is 17.1 Å². The van der Waals surface area contributed by atoms with Crippen molar-refractivity contribution in [3.63, 3.8) is 0 Å². The van der Waals surface area contributed by atoms with Gasteiger partial charge in [0.25, 0.3) is 12.3 Å². The largest absolute Gasteiger partial charge is 0.402 e. The SMILES string of the molecule is Fc1ccc(-c2nnc(N3CCc4[nH]cnc4[C@H]3c3cc4c(C(F)F)cccn4n3)o2)nc1. The Kier molecular flexibility index (Phi) is 4.38. The minimum atomic E-state index is -2.64. The smallest absolute Gasteiger partial charge is 0.319 e. The van der Waals surface area contributed by atoms with Crippen molar-refractivity contribution >= 4 is 11.5 Å². The Balaban J connectivity index is 1.45.